The monoisotopic (exact) mass is 408 g/mol. The molecule has 0 aromatic heterocycles. The highest BCUT2D eigenvalue weighted by molar-refractivity contribution is 5.51. The van der Waals surface area contributed by atoms with Gasteiger partial charge in [0.2, 0.25) is 0 Å². The quantitative estimate of drug-likeness (QED) is 0.587. The van der Waals surface area contributed by atoms with Crippen LogP contribution >= 0.6 is 0 Å². The van der Waals surface area contributed by atoms with Gasteiger partial charge in [-0.25, -0.2) is 0 Å². The minimum absolute atomic E-state index is 0.0459. The molecule has 3 aromatic rings. The second kappa shape index (κ2) is 9.52. The lowest BCUT2D eigenvalue weighted by Gasteiger charge is -2.20. The molecule has 1 aliphatic rings. The third-order valence-corrected chi connectivity index (χ3v) is 4.74. The number of hydrogen-bond donors (Lipinski definition) is 1. The van der Waals surface area contributed by atoms with Crippen molar-refractivity contribution in [2.75, 3.05) is 20.3 Å². The molecule has 6 heteroatoms. The van der Waals surface area contributed by atoms with Crippen LogP contribution in [0.2, 0.25) is 0 Å². The summed E-state index contributed by atoms with van der Waals surface area (Å²) in [5.41, 5.74) is 2.61. The third kappa shape index (κ3) is 4.84. The number of ether oxygens (including phenoxy) is 5. The van der Waals surface area contributed by atoms with Crippen molar-refractivity contribution in [2.45, 2.75) is 19.5 Å². The van der Waals surface area contributed by atoms with Crippen LogP contribution in [0.4, 0.5) is 0 Å². The van der Waals surface area contributed by atoms with Gasteiger partial charge >= 0.3 is 0 Å². The smallest absolute Gasteiger partial charge is 0.191 e. The lowest BCUT2D eigenvalue weighted by atomic mass is 10.1. The van der Waals surface area contributed by atoms with Crippen LogP contribution in [-0.4, -0.2) is 25.4 Å². The maximum atomic E-state index is 10.3. The molecule has 1 N–H and O–H groups in total. The highest BCUT2D eigenvalue weighted by Crippen LogP contribution is 2.42. The van der Waals surface area contributed by atoms with E-state index in [2.05, 4.69) is 0 Å². The Morgan fingerprint density at radius 2 is 1.40 bits per heavy atom. The van der Waals surface area contributed by atoms with Gasteiger partial charge in [0.25, 0.3) is 0 Å². The van der Waals surface area contributed by atoms with E-state index >= 15 is 0 Å². The van der Waals surface area contributed by atoms with E-state index in [0.717, 1.165) is 16.9 Å². The zero-order valence-corrected chi connectivity index (χ0v) is 16.7. The minimum Gasteiger partial charge on any atom is -0.508 e. The van der Waals surface area contributed by atoms with Crippen LogP contribution in [0, 0.1) is 0 Å². The average molecular weight is 408 g/mol. The van der Waals surface area contributed by atoms with Crippen molar-refractivity contribution in [1.82, 2.24) is 0 Å². The summed E-state index contributed by atoms with van der Waals surface area (Å²) in [5, 5.41) is 10.3. The Bertz CT molecular complexity index is 949. The summed E-state index contributed by atoms with van der Waals surface area (Å²) in [6.45, 7) is 1.64. The van der Waals surface area contributed by atoms with E-state index in [1.54, 1.807) is 19.2 Å². The van der Waals surface area contributed by atoms with Crippen LogP contribution in [-0.2, 0) is 22.7 Å². The van der Waals surface area contributed by atoms with E-state index in [1.165, 1.54) is 0 Å². The fraction of sp³-hybridized carbons (Fsp3) is 0.250. The molecule has 1 heterocycles. The van der Waals surface area contributed by atoms with Gasteiger partial charge < -0.3 is 28.8 Å². The Hall–Kier alpha value is -3.22. The standard InChI is InChI=1S/C24H24O6/c1-26-20-9-7-18(8-10-20)16-30-22-14-19(25)13-21(23(22)24-27-11-12-28-24)29-15-17-5-3-2-4-6-17/h2-10,13-14,24-25H,11-12,15-16H2,1H3. The summed E-state index contributed by atoms with van der Waals surface area (Å²) in [7, 11) is 1.63. The Morgan fingerprint density at radius 3 is 1.97 bits per heavy atom. The van der Waals surface area contributed by atoms with E-state index in [1.807, 2.05) is 54.6 Å². The number of hydrogen-bond acceptors (Lipinski definition) is 6. The molecular weight excluding hydrogens is 384 g/mol. The van der Waals surface area contributed by atoms with Crippen LogP contribution in [0.1, 0.15) is 23.0 Å². The molecule has 1 saturated heterocycles. The van der Waals surface area contributed by atoms with Gasteiger partial charge in [-0.2, -0.15) is 0 Å². The number of phenols is 1. The zero-order chi connectivity index (χ0) is 20.8. The van der Waals surface area contributed by atoms with Crippen molar-refractivity contribution >= 4 is 0 Å². The van der Waals surface area contributed by atoms with Gasteiger partial charge in [-0.05, 0) is 23.3 Å². The van der Waals surface area contributed by atoms with Crippen molar-refractivity contribution in [2.24, 2.45) is 0 Å². The summed E-state index contributed by atoms with van der Waals surface area (Å²) >= 11 is 0. The van der Waals surface area contributed by atoms with E-state index in [4.69, 9.17) is 23.7 Å². The molecule has 0 saturated carbocycles. The predicted octanol–water partition coefficient (Wildman–Crippen LogP) is 4.60. The molecule has 30 heavy (non-hydrogen) atoms. The Kier molecular flexibility index (Phi) is 6.37. The molecule has 4 rings (SSSR count). The molecule has 1 aliphatic heterocycles. The molecule has 0 spiro atoms. The van der Waals surface area contributed by atoms with Crippen LogP contribution in [0.25, 0.3) is 0 Å². The number of phenolic OH excluding ortho intramolecular Hbond substituents is 1. The third-order valence-electron chi connectivity index (χ3n) is 4.74. The average Bonchev–Trinajstić information content (AvgIpc) is 3.31. The lowest BCUT2D eigenvalue weighted by molar-refractivity contribution is -0.0477. The van der Waals surface area contributed by atoms with E-state index < -0.39 is 6.29 Å². The molecule has 6 nitrogen and oxygen atoms in total. The topological polar surface area (TPSA) is 66.4 Å². The summed E-state index contributed by atoms with van der Waals surface area (Å²) in [6, 6.07) is 20.5. The molecule has 0 radical (unpaired) electrons. The molecule has 0 atom stereocenters. The van der Waals surface area contributed by atoms with Gasteiger partial charge in [-0.1, -0.05) is 42.5 Å². The van der Waals surface area contributed by atoms with Crippen LogP contribution in [0.5, 0.6) is 23.0 Å². The summed E-state index contributed by atoms with van der Waals surface area (Å²) in [6.07, 6.45) is -0.609. The molecular formula is C24H24O6. The first kappa shape index (κ1) is 20.1. The minimum atomic E-state index is -0.609. The van der Waals surface area contributed by atoms with Crippen molar-refractivity contribution in [1.29, 1.82) is 0 Å². The Morgan fingerprint density at radius 1 is 0.833 bits per heavy atom. The van der Waals surface area contributed by atoms with Crippen LogP contribution in [0.3, 0.4) is 0 Å². The highest BCUT2D eigenvalue weighted by atomic mass is 16.7. The number of aromatic hydroxyl groups is 1. The zero-order valence-electron chi connectivity index (χ0n) is 16.7. The maximum absolute atomic E-state index is 10.3. The molecule has 0 aliphatic carbocycles. The first-order valence-electron chi connectivity index (χ1n) is 9.75. The summed E-state index contributed by atoms with van der Waals surface area (Å²) in [5.74, 6) is 1.75. The second-order valence-electron chi connectivity index (χ2n) is 6.84. The maximum Gasteiger partial charge on any atom is 0.191 e. The first-order chi connectivity index (χ1) is 14.7. The van der Waals surface area contributed by atoms with Gasteiger partial charge in [0.1, 0.15) is 36.2 Å². The Labute approximate surface area is 175 Å². The van der Waals surface area contributed by atoms with Gasteiger partial charge in [0.05, 0.1) is 25.9 Å². The molecule has 0 bridgehead atoms. The fourth-order valence-corrected chi connectivity index (χ4v) is 3.20. The largest absolute Gasteiger partial charge is 0.508 e. The van der Waals surface area contributed by atoms with Gasteiger partial charge in [0, 0.05) is 12.1 Å². The van der Waals surface area contributed by atoms with Gasteiger partial charge in [-0.15, -0.1) is 0 Å². The molecule has 0 amide bonds. The number of benzene rings is 3. The normalized spacial score (nSPS) is 13.9. The number of methoxy groups -OCH3 is 1. The predicted molar refractivity (Wildman–Crippen MR) is 111 cm³/mol. The summed E-state index contributed by atoms with van der Waals surface area (Å²) < 4.78 is 28.7. The van der Waals surface area contributed by atoms with Crippen LogP contribution < -0.4 is 14.2 Å². The Balaban J connectivity index is 1.58. The highest BCUT2D eigenvalue weighted by Gasteiger charge is 2.27. The first-order valence-corrected chi connectivity index (χ1v) is 9.75. The summed E-state index contributed by atoms with van der Waals surface area (Å²) in [4.78, 5) is 0. The molecule has 0 unspecified atom stereocenters. The van der Waals surface area contributed by atoms with Crippen molar-refractivity contribution in [3.63, 3.8) is 0 Å². The SMILES string of the molecule is COc1ccc(COc2cc(O)cc(OCc3ccccc3)c2C2OCCO2)cc1. The molecule has 3 aromatic carbocycles. The van der Waals surface area contributed by atoms with Crippen molar-refractivity contribution < 1.29 is 28.8 Å². The second-order valence-corrected chi connectivity index (χ2v) is 6.84. The molecule has 156 valence electrons. The van der Waals surface area contributed by atoms with E-state index in [0.29, 0.717) is 43.5 Å². The van der Waals surface area contributed by atoms with E-state index in [9.17, 15) is 5.11 Å². The molecule has 1 fully saturated rings. The van der Waals surface area contributed by atoms with Gasteiger partial charge in [0.15, 0.2) is 6.29 Å². The fourth-order valence-electron chi connectivity index (χ4n) is 3.20. The van der Waals surface area contributed by atoms with Crippen LogP contribution in [0.15, 0.2) is 66.7 Å². The van der Waals surface area contributed by atoms with Gasteiger partial charge in [-0.3, -0.25) is 0 Å². The van der Waals surface area contributed by atoms with Crippen molar-refractivity contribution in [3.05, 3.63) is 83.4 Å². The lowest BCUT2D eigenvalue weighted by Crippen LogP contribution is -2.08. The van der Waals surface area contributed by atoms with E-state index in [-0.39, 0.29) is 5.75 Å². The number of rotatable bonds is 8. The van der Waals surface area contributed by atoms with Crippen molar-refractivity contribution in [3.8, 4) is 23.0 Å².